The van der Waals surface area contributed by atoms with Gasteiger partial charge < -0.3 is 41.1 Å². The SMILES string of the molecule is CC1=C2N=[14C](C=C3N/[14C](=C(/C)C4=N[14C](C)([14C@@H]5N=C1[14C@](C)(CCC(=O)O)[C@H]5CC(=O)O)[C@@](C)(CC(=O)O)[14C@@H]4CCC(=O)O)[C@@](C)(CC(=O)O)[14C@@H]3CCC(=O)O)C(C)(C)[14C@@H]2CCC(=O)O. The Morgan fingerprint density at radius 3 is 1.76 bits per heavy atom. The number of carboxylic acid groups (broad SMARTS) is 7. The summed E-state index contributed by atoms with van der Waals surface area (Å²) in [6.45, 7) is 13.9. The van der Waals surface area contributed by atoms with Crippen molar-refractivity contribution in [3.63, 3.8) is 0 Å². The molecule has 5 aliphatic heterocycles. The molecule has 0 aromatic carbocycles. The van der Waals surface area contributed by atoms with E-state index in [4.69, 9.17) is 15.0 Å². The Labute approximate surface area is 365 Å². The van der Waals surface area contributed by atoms with Crippen molar-refractivity contribution in [3.05, 3.63) is 34.3 Å². The average Bonchev–Trinajstić information content (AvgIpc) is 3.75. The Balaban J connectivity index is 2.03. The van der Waals surface area contributed by atoms with Gasteiger partial charge in [0.05, 0.1) is 30.8 Å². The van der Waals surface area contributed by atoms with Crippen LogP contribution in [0.1, 0.15) is 126 Å². The monoisotopic (exact) mass is 896 g/mol. The van der Waals surface area contributed by atoms with Gasteiger partial charge in [-0.15, -0.1) is 0 Å². The molecule has 1 unspecified atom stereocenters. The highest BCUT2D eigenvalue weighted by atomic mass is 16.4. The Hall–Kier alpha value is -5.68. The number of carbonyl (C=O) groups is 7. The number of hydrogen-bond donors (Lipinski definition) is 8. The van der Waals surface area contributed by atoms with Gasteiger partial charge >= 0.3 is 41.8 Å². The lowest BCUT2D eigenvalue weighted by Crippen LogP contribution is -2.55. The van der Waals surface area contributed by atoms with Crippen LogP contribution >= 0.6 is 0 Å². The number of aliphatic imine (C=N–C) groups is 3. The zero-order valence-electron chi connectivity index (χ0n) is 37.1. The third-order valence-electron chi connectivity index (χ3n) is 15.3. The van der Waals surface area contributed by atoms with E-state index in [2.05, 4.69) is 5.32 Å². The Bertz CT molecular complexity index is 2220. The number of hydrogen-bond acceptors (Lipinski definition) is 11. The minimum absolute atomic E-state index is 0.0202. The molecule has 5 heterocycles. The molecule has 1 saturated heterocycles. The van der Waals surface area contributed by atoms with Gasteiger partial charge in [0.25, 0.3) is 0 Å². The second kappa shape index (κ2) is 17.1. The van der Waals surface area contributed by atoms with Crippen molar-refractivity contribution < 1.29 is 69.3 Å². The van der Waals surface area contributed by atoms with Crippen molar-refractivity contribution in [2.45, 2.75) is 138 Å². The second-order valence-electron chi connectivity index (χ2n) is 19.5. The zero-order chi connectivity index (χ0) is 47.4. The molecule has 9 atom stereocenters. The molecule has 344 valence electrons. The first-order valence-electron chi connectivity index (χ1n) is 21.3. The summed E-state index contributed by atoms with van der Waals surface area (Å²) in [7, 11) is 0. The summed E-state index contributed by atoms with van der Waals surface area (Å²) in [5.74, 6) is -11.5. The maximum absolute atomic E-state index is 13.1. The molecule has 0 radical (unpaired) electrons. The molecule has 1 fully saturated rings. The Morgan fingerprint density at radius 1 is 0.730 bits per heavy atom. The molecule has 18 heteroatoms. The molecule has 0 aliphatic carbocycles. The summed E-state index contributed by atoms with van der Waals surface area (Å²) in [5.41, 5.74) is -3.60. The highest BCUT2D eigenvalue weighted by Crippen LogP contribution is 2.62. The molecule has 0 aromatic rings. The van der Waals surface area contributed by atoms with Crippen LogP contribution in [0.3, 0.4) is 0 Å². The quantitative estimate of drug-likeness (QED) is 0.0792. The minimum atomic E-state index is -1.63. The number of fused-ring (bicyclic) bond motifs is 6. The molecule has 5 aliphatic rings. The molecule has 0 spiro atoms. The fourth-order valence-electron chi connectivity index (χ4n) is 11.8. The van der Waals surface area contributed by atoms with Gasteiger partial charge in [-0.1, -0.05) is 34.6 Å². The van der Waals surface area contributed by atoms with Crippen molar-refractivity contribution in [3.8, 4) is 0 Å². The first-order chi connectivity index (χ1) is 29.0. The van der Waals surface area contributed by atoms with Crippen molar-refractivity contribution in [2.75, 3.05) is 0 Å². The van der Waals surface area contributed by atoms with Crippen LogP contribution in [0, 0.1) is 45.3 Å². The van der Waals surface area contributed by atoms with Gasteiger partial charge in [0, 0.05) is 105 Å². The fraction of sp³-hybridized carbons (Fsp3) is 0.644. The van der Waals surface area contributed by atoms with Gasteiger partial charge in [0.15, 0.2) is 0 Å². The van der Waals surface area contributed by atoms with Crippen LogP contribution in [0.4, 0.5) is 0 Å². The average molecular weight is 897 g/mol. The summed E-state index contributed by atoms with van der Waals surface area (Å²) in [4.78, 5) is 104. The highest BCUT2D eigenvalue weighted by molar-refractivity contribution is 6.10. The number of nitrogens with zero attached hydrogens (tertiary/aromatic N) is 3. The number of nitrogens with one attached hydrogen (secondary N) is 1. The molecule has 0 aromatic heterocycles. The number of carboxylic acids is 7. The van der Waals surface area contributed by atoms with Crippen molar-refractivity contribution in [1.82, 2.24) is 5.32 Å². The van der Waals surface area contributed by atoms with Gasteiger partial charge in [-0.2, -0.15) is 0 Å². The third kappa shape index (κ3) is 8.56. The Morgan fingerprint density at radius 2 is 1.25 bits per heavy atom. The van der Waals surface area contributed by atoms with Gasteiger partial charge in [-0.05, 0) is 63.7 Å². The van der Waals surface area contributed by atoms with Crippen LogP contribution in [0.5, 0.6) is 0 Å². The van der Waals surface area contributed by atoms with Crippen LogP contribution < -0.4 is 5.32 Å². The number of allylic oxidation sites excluding steroid dienone is 6. The summed E-state index contributed by atoms with van der Waals surface area (Å²) in [5, 5.41) is 75.1. The van der Waals surface area contributed by atoms with E-state index in [0.717, 1.165) is 0 Å². The molecule has 8 bridgehead atoms. The molecule has 0 saturated carbocycles. The molecule has 8 N–H and O–H groups in total. The summed E-state index contributed by atoms with van der Waals surface area (Å²) >= 11 is 0. The van der Waals surface area contributed by atoms with E-state index in [-0.39, 0.29) is 44.2 Å². The number of rotatable bonds is 18. The van der Waals surface area contributed by atoms with E-state index in [0.29, 0.717) is 39.7 Å². The lowest BCUT2D eigenvalue weighted by molar-refractivity contribution is -0.143. The van der Waals surface area contributed by atoms with E-state index in [1.807, 2.05) is 13.8 Å². The molecular weight excluding hydrogens is 836 g/mol. The summed E-state index contributed by atoms with van der Waals surface area (Å²) in [6.07, 6.45) is -1.45. The molecule has 0 amide bonds. The number of aliphatic carboxylic acids is 7. The standard InChI is InChI=1S/C45H60N4O14/c1-21-36-24(10-13-30(52)53)41(3,4)28(47-36)18-27-23(9-12-29(50)51)43(6,19-34(60)61)39(46-27)22(2)37-25(11-14-31(54)55)44(7,20-35(62)63)45(8,49-37)40-26(17-33(58)59)42(5,38(21)48-40)16-15-32(56)57/h18,23-26,40,46H,9-17,19-20H2,1-8H3,(H,50,51)(H,52,53)(H,54,55)(H,56,57)(H,58,59)(H,60,61)(H,62,63)/b27-18?,36-21?,39-22-/t23-,24-,25-,26+,40-,42-,43+,44+,45?/m1/s1/i23+2,24+2,25+2,28+2,39+2,40+2,42+2,45+2. The van der Waals surface area contributed by atoms with Crippen molar-refractivity contribution in [1.29, 1.82) is 0 Å². The van der Waals surface area contributed by atoms with Crippen LogP contribution in [0.2, 0.25) is 0 Å². The molecule has 63 heavy (non-hydrogen) atoms. The van der Waals surface area contributed by atoms with Gasteiger partial charge in [0.2, 0.25) is 0 Å². The summed E-state index contributed by atoms with van der Waals surface area (Å²) in [6, 6.07) is -1.15. The smallest absolute Gasteiger partial charge is 0.304 e. The van der Waals surface area contributed by atoms with Crippen molar-refractivity contribution in [2.24, 2.45) is 60.3 Å². The van der Waals surface area contributed by atoms with Crippen LogP contribution in [-0.2, 0) is 33.6 Å². The van der Waals surface area contributed by atoms with Crippen LogP contribution in [-0.4, -0.2) is 106 Å². The maximum Gasteiger partial charge on any atom is 0.304 e. The van der Waals surface area contributed by atoms with E-state index < -0.39 is 131 Å². The highest BCUT2D eigenvalue weighted by Gasteiger charge is 2.66. The normalized spacial score (nSPS) is 34.2. The van der Waals surface area contributed by atoms with E-state index in [1.54, 1.807) is 47.6 Å². The molecule has 18 nitrogen and oxygen atoms in total. The maximum atomic E-state index is 13.1. The summed E-state index contributed by atoms with van der Waals surface area (Å²) < 4.78 is 0. The van der Waals surface area contributed by atoms with Gasteiger partial charge in [0.1, 0.15) is 0 Å². The van der Waals surface area contributed by atoms with Crippen molar-refractivity contribution >= 4 is 58.9 Å². The van der Waals surface area contributed by atoms with Gasteiger partial charge in [-0.3, -0.25) is 48.5 Å². The lowest BCUT2D eigenvalue weighted by atomic mass is 10.0. The first kappa shape index (κ1) is 48.4. The first-order valence-corrected chi connectivity index (χ1v) is 21.3. The predicted molar refractivity (Wildman–Crippen MR) is 227 cm³/mol. The topological polar surface area (TPSA) is 310 Å². The minimum Gasteiger partial charge on any atom is -0.481 e. The predicted octanol–water partition coefficient (Wildman–Crippen LogP) is 5.92. The fourth-order valence-corrected chi connectivity index (χ4v) is 11.8. The van der Waals surface area contributed by atoms with Crippen LogP contribution in [0.25, 0.3) is 0 Å². The molecular formula is C45H60N4O14. The zero-order valence-corrected chi connectivity index (χ0v) is 37.1. The Kier molecular flexibility index (Phi) is 13.1. The van der Waals surface area contributed by atoms with Crippen LogP contribution in [0.15, 0.2) is 49.3 Å². The third-order valence-corrected chi connectivity index (χ3v) is 15.3. The lowest BCUT2D eigenvalue weighted by Gasteiger charge is -2.48. The largest absolute Gasteiger partial charge is 0.481 e. The van der Waals surface area contributed by atoms with E-state index in [1.165, 1.54) is 0 Å². The van der Waals surface area contributed by atoms with E-state index in [9.17, 15) is 69.3 Å². The molecule has 5 rings (SSSR count). The second-order valence-corrected chi connectivity index (χ2v) is 19.5. The van der Waals surface area contributed by atoms with E-state index >= 15 is 0 Å². The van der Waals surface area contributed by atoms with Gasteiger partial charge in [-0.25, -0.2) is 0 Å².